The van der Waals surface area contributed by atoms with E-state index in [4.69, 9.17) is 9.84 Å². The van der Waals surface area contributed by atoms with Crippen molar-refractivity contribution in [3.05, 3.63) is 23.4 Å². The molecule has 4 heteroatoms. The maximum absolute atomic E-state index is 9.13. The highest BCUT2D eigenvalue weighted by molar-refractivity contribution is 5.23. The lowest BCUT2D eigenvalue weighted by Gasteiger charge is -2.19. The molecule has 0 bridgehead atoms. The number of aryl methyl sites for hydroxylation is 1. The Kier molecular flexibility index (Phi) is 4.55. The summed E-state index contributed by atoms with van der Waals surface area (Å²) in [6, 6.07) is 4.33. The van der Waals surface area contributed by atoms with Gasteiger partial charge in [0.25, 0.3) is 0 Å². The van der Waals surface area contributed by atoms with Crippen LogP contribution in [-0.4, -0.2) is 41.2 Å². The molecule has 1 aromatic heterocycles. The van der Waals surface area contributed by atoms with Gasteiger partial charge in [0.1, 0.15) is 0 Å². The van der Waals surface area contributed by atoms with E-state index in [1.165, 1.54) is 19.4 Å². The lowest BCUT2D eigenvalue weighted by Crippen LogP contribution is -2.26. The van der Waals surface area contributed by atoms with Crippen LogP contribution in [0.15, 0.2) is 12.1 Å². The summed E-state index contributed by atoms with van der Waals surface area (Å²) in [5, 5.41) is 9.13. The number of rotatable bonds is 5. The molecule has 1 saturated heterocycles. The zero-order valence-corrected chi connectivity index (χ0v) is 11.2. The van der Waals surface area contributed by atoms with Gasteiger partial charge >= 0.3 is 0 Å². The molecular weight excluding hydrogens is 228 g/mol. The maximum atomic E-state index is 9.13. The zero-order valence-electron chi connectivity index (χ0n) is 11.2. The van der Waals surface area contributed by atoms with Crippen LogP contribution in [0.1, 0.15) is 30.5 Å². The van der Waals surface area contributed by atoms with Crippen molar-refractivity contribution in [3.63, 3.8) is 0 Å². The largest absolute Gasteiger partial charge is 0.478 e. The Morgan fingerprint density at radius 1 is 1.50 bits per heavy atom. The Morgan fingerprint density at radius 3 is 3.00 bits per heavy atom. The summed E-state index contributed by atoms with van der Waals surface area (Å²) in [6.45, 7) is 3.83. The average Bonchev–Trinajstić information content (AvgIpc) is 2.74. The second kappa shape index (κ2) is 6.16. The van der Waals surface area contributed by atoms with Crippen LogP contribution in [0.2, 0.25) is 0 Å². The zero-order chi connectivity index (χ0) is 13.0. The van der Waals surface area contributed by atoms with Gasteiger partial charge in [-0.15, -0.1) is 0 Å². The molecule has 1 atom stereocenters. The summed E-state index contributed by atoms with van der Waals surface area (Å²) >= 11 is 0. The van der Waals surface area contributed by atoms with Gasteiger partial charge in [-0.05, 0) is 51.4 Å². The third-order valence-corrected chi connectivity index (χ3v) is 3.54. The van der Waals surface area contributed by atoms with E-state index in [0.717, 1.165) is 17.7 Å². The number of aliphatic hydroxyl groups excluding tert-OH is 1. The van der Waals surface area contributed by atoms with Gasteiger partial charge in [-0.3, -0.25) is 0 Å². The number of pyridine rings is 1. The van der Waals surface area contributed by atoms with Gasteiger partial charge in [0.15, 0.2) is 0 Å². The van der Waals surface area contributed by atoms with Crippen LogP contribution in [0.4, 0.5) is 0 Å². The SMILES string of the molecule is Cc1cc(CO)cc(OCCC2CCCN2C)n1. The molecule has 0 aromatic carbocycles. The van der Waals surface area contributed by atoms with E-state index < -0.39 is 0 Å². The number of aromatic nitrogens is 1. The first-order chi connectivity index (χ1) is 8.69. The second-order valence-corrected chi connectivity index (χ2v) is 5.03. The van der Waals surface area contributed by atoms with Crippen LogP contribution in [0.3, 0.4) is 0 Å². The van der Waals surface area contributed by atoms with E-state index in [1.807, 2.05) is 19.1 Å². The van der Waals surface area contributed by atoms with E-state index in [-0.39, 0.29) is 6.61 Å². The van der Waals surface area contributed by atoms with Gasteiger partial charge in [-0.2, -0.15) is 0 Å². The smallest absolute Gasteiger partial charge is 0.213 e. The molecule has 0 saturated carbocycles. The van der Waals surface area contributed by atoms with Crippen molar-refractivity contribution in [3.8, 4) is 5.88 Å². The molecule has 100 valence electrons. The van der Waals surface area contributed by atoms with Gasteiger partial charge in [0.2, 0.25) is 5.88 Å². The summed E-state index contributed by atoms with van der Waals surface area (Å²) in [7, 11) is 2.17. The van der Waals surface area contributed by atoms with Crippen molar-refractivity contribution in [2.75, 3.05) is 20.2 Å². The Bertz CT molecular complexity index is 395. The average molecular weight is 250 g/mol. The Labute approximate surface area is 109 Å². The second-order valence-electron chi connectivity index (χ2n) is 5.03. The molecule has 0 aliphatic carbocycles. The lowest BCUT2D eigenvalue weighted by molar-refractivity contribution is 0.227. The number of hydrogen-bond acceptors (Lipinski definition) is 4. The lowest BCUT2D eigenvalue weighted by atomic mass is 10.1. The van der Waals surface area contributed by atoms with Crippen molar-refractivity contribution in [2.24, 2.45) is 0 Å². The first-order valence-electron chi connectivity index (χ1n) is 6.60. The van der Waals surface area contributed by atoms with Crippen LogP contribution in [0, 0.1) is 6.92 Å². The Hall–Kier alpha value is -1.13. The van der Waals surface area contributed by atoms with Gasteiger partial charge in [-0.25, -0.2) is 4.98 Å². The summed E-state index contributed by atoms with van der Waals surface area (Å²) < 4.78 is 5.69. The first kappa shape index (κ1) is 13.3. The number of hydrogen-bond donors (Lipinski definition) is 1. The summed E-state index contributed by atoms with van der Waals surface area (Å²) in [5.74, 6) is 0.625. The maximum Gasteiger partial charge on any atom is 0.213 e. The molecule has 1 aromatic rings. The fourth-order valence-corrected chi connectivity index (χ4v) is 2.52. The molecule has 0 radical (unpaired) electrons. The van der Waals surface area contributed by atoms with Crippen molar-refractivity contribution >= 4 is 0 Å². The van der Waals surface area contributed by atoms with Gasteiger partial charge in [0, 0.05) is 17.8 Å². The predicted octanol–water partition coefficient (Wildman–Crippen LogP) is 1.75. The van der Waals surface area contributed by atoms with Crippen LogP contribution in [0.25, 0.3) is 0 Å². The monoisotopic (exact) mass is 250 g/mol. The van der Waals surface area contributed by atoms with Crippen molar-refractivity contribution in [1.82, 2.24) is 9.88 Å². The number of nitrogens with zero attached hydrogens (tertiary/aromatic N) is 2. The number of likely N-dealkylation sites (tertiary alicyclic amines) is 1. The minimum absolute atomic E-state index is 0.0328. The van der Waals surface area contributed by atoms with Crippen LogP contribution in [-0.2, 0) is 6.61 Å². The highest BCUT2D eigenvalue weighted by Gasteiger charge is 2.20. The van der Waals surface area contributed by atoms with Crippen molar-refractivity contribution in [1.29, 1.82) is 0 Å². The fourth-order valence-electron chi connectivity index (χ4n) is 2.52. The van der Waals surface area contributed by atoms with Gasteiger partial charge in [0.05, 0.1) is 13.2 Å². The quantitative estimate of drug-likeness (QED) is 0.864. The minimum Gasteiger partial charge on any atom is -0.478 e. The molecular formula is C14H22N2O2. The molecule has 18 heavy (non-hydrogen) atoms. The van der Waals surface area contributed by atoms with E-state index in [9.17, 15) is 0 Å². The first-order valence-corrected chi connectivity index (χ1v) is 6.60. The van der Waals surface area contributed by atoms with Crippen molar-refractivity contribution in [2.45, 2.75) is 38.8 Å². The van der Waals surface area contributed by atoms with E-state index in [0.29, 0.717) is 18.5 Å². The number of aliphatic hydroxyl groups is 1. The predicted molar refractivity (Wildman–Crippen MR) is 70.7 cm³/mol. The molecule has 1 N–H and O–H groups in total. The molecule has 2 rings (SSSR count). The molecule has 1 aliphatic rings. The van der Waals surface area contributed by atoms with E-state index in [2.05, 4.69) is 16.9 Å². The Morgan fingerprint density at radius 2 is 2.33 bits per heavy atom. The highest BCUT2D eigenvalue weighted by Crippen LogP contribution is 2.18. The third-order valence-electron chi connectivity index (χ3n) is 3.54. The molecule has 1 aliphatic heterocycles. The summed E-state index contributed by atoms with van der Waals surface area (Å²) in [4.78, 5) is 6.71. The molecule has 0 spiro atoms. The highest BCUT2D eigenvalue weighted by atomic mass is 16.5. The van der Waals surface area contributed by atoms with Crippen LogP contribution >= 0.6 is 0 Å². The topological polar surface area (TPSA) is 45.6 Å². The molecule has 1 unspecified atom stereocenters. The Balaban J connectivity index is 1.84. The molecule has 2 heterocycles. The standard InChI is InChI=1S/C14H22N2O2/c1-11-8-12(10-17)9-14(15-11)18-7-5-13-4-3-6-16(13)2/h8-9,13,17H,3-7,10H2,1-2H3. The summed E-state index contributed by atoms with van der Waals surface area (Å²) in [5.41, 5.74) is 1.74. The number of ether oxygens (including phenoxy) is 1. The van der Waals surface area contributed by atoms with E-state index >= 15 is 0 Å². The summed E-state index contributed by atoms with van der Waals surface area (Å²) in [6.07, 6.45) is 3.60. The van der Waals surface area contributed by atoms with Crippen LogP contribution in [0.5, 0.6) is 5.88 Å². The van der Waals surface area contributed by atoms with Gasteiger partial charge in [-0.1, -0.05) is 0 Å². The molecule has 0 amide bonds. The van der Waals surface area contributed by atoms with E-state index in [1.54, 1.807) is 0 Å². The third kappa shape index (κ3) is 3.43. The van der Waals surface area contributed by atoms with Crippen LogP contribution < -0.4 is 4.74 Å². The normalized spacial score (nSPS) is 20.3. The fraction of sp³-hybridized carbons (Fsp3) is 0.643. The minimum atomic E-state index is 0.0328. The molecule has 1 fully saturated rings. The van der Waals surface area contributed by atoms with Crippen molar-refractivity contribution < 1.29 is 9.84 Å². The van der Waals surface area contributed by atoms with Gasteiger partial charge < -0.3 is 14.7 Å². The molecule has 4 nitrogen and oxygen atoms in total.